The number of hydrogen-bond donors (Lipinski definition) is 3. The summed E-state index contributed by atoms with van der Waals surface area (Å²) in [6.07, 6.45) is 4.79. The number of nitrogens with one attached hydrogen (secondary N) is 3. The molecule has 2 rings (SSSR count). The van der Waals surface area contributed by atoms with Gasteiger partial charge in [-0.05, 0) is 32.3 Å². The Bertz CT molecular complexity index is 336. The van der Waals surface area contributed by atoms with Gasteiger partial charge in [-0.2, -0.15) is 5.10 Å². The predicted molar refractivity (Wildman–Crippen MR) is 60.8 cm³/mol. The highest BCUT2D eigenvalue weighted by Gasteiger charge is 2.22. The number of nitrogens with zero attached hydrogens (tertiary/aromatic N) is 1. The molecule has 0 radical (unpaired) electrons. The smallest absolute Gasteiger partial charge is 0.237 e. The molecule has 16 heavy (non-hydrogen) atoms. The van der Waals surface area contributed by atoms with E-state index in [1.165, 1.54) is 0 Å². The molecule has 1 aliphatic rings. The fourth-order valence-corrected chi connectivity index (χ4v) is 2.00. The lowest BCUT2D eigenvalue weighted by Gasteiger charge is -2.19. The zero-order valence-corrected chi connectivity index (χ0v) is 9.49. The van der Waals surface area contributed by atoms with Crippen molar-refractivity contribution in [2.45, 2.75) is 38.3 Å². The van der Waals surface area contributed by atoms with Crippen LogP contribution in [0.25, 0.3) is 0 Å². The van der Waals surface area contributed by atoms with Crippen LogP contribution in [0.4, 0.5) is 0 Å². The number of carbonyl (C=O) groups excluding carboxylic acids is 1. The first kappa shape index (κ1) is 11.1. The van der Waals surface area contributed by atoms with Gasteiger partial charge in [0.25, 0.3) is 0 Å². The van der Waals surface area contributed by atoms with Crippen LogP contribution in [-0.2, 0) is 4.79 Å². The summed E-state index contributed by atoms with van der Waals surface area (Å²) in [7, 11) is 0. The first-order chi connectivity index (χ1) is 7.77. The quantitative estimate of drug-likeness (QED) is 0.706. The molecule has 0 bridgehead atoms. The molecule has 0 saturated carbocycles. The third kappa shape index (κ3) is 2.61. The average molecular weight is 222 g/mol. The molecular weight excluding hydrogens is 204 g/mol. The molecule has 2 unspecified atom stereocenters. The van der Waals surface area contributed by atoms with Crippen molar-refractivity contribution in [1.82, 2.24) is 20.8 Å². The van der Waals surface area contributed by atoms with Crippen molar-refractivity contribution in [3.05, 3.63) is 18.0 Å². The Hall–Kier alpha value is -1.36. The molecule has 3 N–H and O–H groups in total. The van der Waals surface area contributed by atoms with Gasteiger partial charge in [0.1, 0.15) is 0 Å². The standard InChI is InChI=1S/C11H18N4O/c1-8(9-5-7-13-15-9)14-10-4-2-3-6-12-11(10)16/h5,7-8,10,14H,2-4,6H2,1H3,(H,12,16)(H,13,15). The van der Waals surface area contributed by atoms with Crippen LogP contribution < -0.4 is 10.6 Å². The Kier molecular flexibility index (Phi) is 3.56. The van der Waals surface area contributed by atoms with E-state index in [2.05, 4.69) is 20.8 Å². The molecule has 1 aromatic rings. The summed E-state index contributed by atoms with van der Waals surface area (Å²) in [4.78, 5) is 11.7. The highest BCUT2D eigenvalue weighted by Crippen LogP contribution is 2.12. The lowest BCUT2D eigenvalue weighted by Crippen LogP contribution is -2.43. The van der Waals surface area contributed by atoms with Crippen molar-refractivity contribution in [1.29, 1.82) is 0 Å². The Labute approximate surface area is 95.0 Å². The van der Waals surface area contributed by atoms with Crippen LogP contribution >= 0.6 is 0 Å². The van der Waals surface area contributed by atoms with Crippen LogP contribution in [0.5, 0.6) is 0 Å². The third-order valence-electron chi connectivity index (χ3n) is 2.98. The summed E-state index contributed by atoms with van der Waals surface area (Å²) in [6, 6.07) is 1.96. The molecule has 0 aliphatic carbocycles. The maximum absolute atomic E-state index is 11.7. The lowest BCUT2D eigenvalue weighted by atomic mass is 10.1. The summed E-state index contributed by atoms with van der Waals surface area (Å²) < 4.78 is 0. The van der Waals surface area contributed by atoms with Gasteiger partial charge < -0.3 is 5.32 Å². The molecule has 2 atom stereocenters. The van der Waals surface area contributed by atoms with Crippen LogP contribution in [0.1, 0.15) is 37.9 Å². The van der Waals surface area contributed by atoms with E-state index in [0.717, 1.165) is 31.5 Å². The van der Waals surface area contributed by atoms with Gasteiger partial charge in [-0.3, -0.25) is 15.2 Å². The van der Waals surface area contributed by atoms with E-state index < -0.39 is 0 Å². The van der Waals surface area contributed by atoms with E-state index in [1.54, 1.807) is 6.20 Å². The van der Waals surface area contributed by atoms with Crippen molar-refractivity contribution < 1.29 is 4.79 Å². The summed E-state index contributed by atoms with van der Waals surface area (Å²) in [5.74, 6) is 0.115. The number of H-pyrrole nitrogens is 1. The molecule has 2 heterocycles. The SMILES string of the molecule is CC(NC1CCCCNC1=O)c1ccn[nH]1. The number of amides is 1. The molecule has 1 fully saturated rings. The van der Waals surface area contributed by atoms with Gasteiger partial charge in [0, 0.05) is 18.8 Å². The van der Waals surface area contributed by atoms with Crippen LogP contribution in [-0.4, -0.2) is 28.7 Å². The van der Waals surface area contributed by atoms with Gasteiger partial charge >= 0.3 is 0 Å². The zero-order chi connectivity index (χ0) is 11.4. The molecule has 1 saturated heterocycles. The lowest BCUT2D eigenvalue weighted by molar-refractivity contribution is -0.123. The van der Waals surface area contributed by atoms with E-state index in [4.69, 9.17) is 0 Å². The number of rotatable bonds is 3. The maximum atomic E-state index is 11.7. The number of aromatic amines is 1. The van der Waals surface area contributed by atoms with Crippen LogP contribution in [0, 0.1) is 0 Å². The minimum Gasteiger partial charge on any atom is -0.355 e. The Morgan fingerprint density at radius 1 is 1.56 bits per heavy atom. The fraction of sp³-hybridized carbons (Fsp3) is 0.636. The van der Waals surface area contributed by atoms with Gasteiger partial charge in [0.05, 0.1) is 11.7 Å². The van der Waals surface area contributed by atoms with Gasteiger partial charge in [0.15, 0.2) is 0 Å². The number of carbonyl (C=O) groups is 1. The summed E-state index contributed by atoms with van der Waals surface area (Å²) in [5, 5.41) is 13.1. The molecule has 0 aromatic carbocycles. The Morgan fingerprint density at radius 3 is 3.19 bits per heavy atom. The normalized spacial score (nSPS) is 23.6. The largest absolute Gasteiger partial charge is 0.355 e. The summed E-state index contributed by atoms with van der Waals surface area (Å²) in [5.41, 5.74) is 1.01. The van der Waals surface area contributed by atoms with Gasteiger partial charge in [-0.1, -0.05) is 0 Å². The summed E-state index contributed by atoms with van der Waals surface area (Å²) in [6.45, 7) is 2.83. The third-order valence-corrected chi connectivity index (χ3v) is 2.98. The molecule has 1 amide bonds. The van der Waals surface area contributed by atoms with E-state index in [1.807, 2.05) is 13.0 Å². The maximum Gasteiger partial charge on any atom is 0.237 e. The van der Waals surface area contributed by atoms with E-state index in [0.29, 0.717) is 0 Å². The van der Waals surface area contributed by atoms with Crippen molar-refractivity contribution in [3.8, 4) is 0 Å². The molecule has 1 aliphatic heterocycles. The van der Waals surface area contributed by atoms with E-state index in [9.17, 15) is 4.79 Å². The van der Waals surface area contributed by atoms with E-state index in [-0.39, 0.29) is 18.0 Å². The zero-order valence-electron chi connectivity index (χ0n) is 9.49. The number of aromatic nitrogens is 2. The van der Waals surface area contributed by atoms with Gasteiger partial charge in [-0.25, -0.2) is 0 Å². The first-order valence-electron chi connectivity index (χ1n) is 5.80. The number of hydrogen-bond acceptors (Lipinski definition) is 3. The molecule has 5 heteroatoms. The summed E-state index contributed by atoms with van der Waals surface area (Å²) >= 11 is 0. The van der Waals surface area contributed by atoms with Crippen LogP contribution in [0.15, 0.2) is 12.3 Å². The van der Waals surface area contributed by atoms with Crippen molar-refractivity contribution >= 4 is 5.91 Å². The Balaban J connectivity index is 1.94. The predicted octanol–water partition coefficient (Wildman–Crippen LogP) is 0.729. The van der Waals surface area contributed by atoms with Crippen LogP contribution in [0.3, 0.4) is 0 Å². The van der Waals surface area contributed by atoms with Gasteiger partial charge in [-0.15, -0.1) is 0 Å². The second-order valence-corrected chi connectivity index (χ2v) is 4.24. The van der Waals surface area contributed by atoms with Crippen molar-refractivity contribution in [3.63, 3.8) is 0 Å². The molecular formula is C11H18N4O. The minimum absolute atomic E-state index is 0.0826. The Morgan fingerprint density at radius 2 is 2.44 bits per heavy atom. The minimum atomic E-state index is -0.0826. The highest BCUT2D eigenvalue weighted by molar-refractivity contribution is 5.81. The first-order valence-corrected chi connectivity index (χ1v) is 5.80. The van der Waals surface area contributed by atoms with Crippen LogP contribution in [0.2, 0.25) is 0 Å². The topological polar surface area (TPSA) is 69.8 Å². The monoisotopic (exact) mass is 222 g/mol. The van der Waals surface area contributed by atoms with Crippen molar-refractivity contribution in [2.24, 2.45) is 0 Å². The second-order valence-electron chi connectivity index (χ2n) is 4.24. The average Bonchev–Trinajstić information content (AvgIpc) is 2.73. The molecule has 5 nitrogen and oxygen atoms in total. The second kappa shape index (κ2) is 5.12. The van der Waals surface area contributed by atoms with E-state index >= 15 is 0 Å². The van der Waals surface area contributed by atoms with Crippen molar-refractivity contribution in [2.75, 3.05) is 6.54 Å². The molecule has 0 spiro atoms. The molecule has 1 aromatic heterocycles. The highest BCUT2D eigenvalue weighted by atomic mass is 16.2. The molecule has 88 valence electrons. The van der Waals surface area contributed by atoms with Gasteiger partial charge in [0.2, 0.25) is 5.91 Å². The fourth-order valence-electron chi connectivity index (χ4n) is 2.00.